The third kappa shape index (κ3) is 2.91. The number of halogens is 1. The fraction of sp³-hybridized carbons (Fsp3) is 0.500. The zero-order valence-electron chi connectivity index (χ0n) is 12.1. The number of oxime groups is 1. The molecule has 0 amide bonds. The highest BCUT2D eigenvalue weighted by atomic mass is 79.9. The molecule has 1 aromatic rings. The van der Waals surface area contributed by atoms with Gasteiger partial charge in [0, 0.05) is 35.2 Å². The van der Waals surface area contributed by atoms with E-state index >= 15 is 0 Å². The number of anilines is 1. The molecule has 1 saturated heterocycles. The standard InChI is InChI=1S/C14H21BrN4O/c1-14(2)9-19(7-6-18(14)3)12-5-4-10(8-11(12)15)13(16)17-20/h4-5,8,20H,6-7,9H2,1-3H3,(H2,16,17). The Morgan fingerprint density at radius 3 is 2.65 bits per heavy atom. The number of benzene rings is 1. The van der Waals surface area contributed by atoms with Crippen LogP contribution in [0, 0.1) is 0 Å². The van der Waals surface area contributed by atoms with Gasteiger partial charge in [0.1, 0.15) is 0 Å². The first-order valence-electron chi connectivity index (χ1n) is 6.59. The highest BCUT2D eigenvalue weighted by Gasteiger charge is 2.31. The summed E-state index contributed by atoms with van der Waals surface area (Å²) in [7, 11) is 2.16. The first-order chi connectivity index (χ1) is 9.35. The van der Waals surface area contributed by atoms with E-state index in [4.69, 9.17) is 10.9 Å². The summed E-state index contributed by atoms with van der Waals surface area (Å²) in [6.07, 6.45) is 0. The SMILES string of the molecule is CN1CCN(c2ccc(/C(N)=N/O)cc2Br)CC1(C)C. The van der Waals surface area contributed by atoms with Gasteiger partial charge in [-0.25, -0.2) is 0 Å². The van der Waals surface area contributed by atoms with Crippen LogP contribution in [0.15, 0.2) is 27.8 Å². The number of likely N-dealkylation sites (N-methyl/N-ethyl adjacent to an activating group) is 1. The van der Waals surface area contributed by atoms with Crippen molar-refractivity contribution in [2.24, 2.45) is 10.9 Å². The van der Waals surface area contributed by atoms with Crippen molar-refractivity contribution in [1.29, 1.82) is 0 Å². The molecule has 0 aromatic heterocycles. The van der Waals surface area contributed by atoms with E-state index < -0.39 is 0 Å². The van der Waals surface area contributed by atoms with Gasteiger partial charge in [-0.15, -0.1) is 0 Å². The second kappa shape index (κ2) is 5.61. The number of hydrogen-bond donors (Lipinski definition) is 2. The van der Waals surface area contributed by atoms with Crippen LogP contribution in [-0.4, -0.2) is 48.2 Å². The van der Waals surface area contributed by atoms with Crippen LogP contribution < -0.4 is 10.6 Å². The minimum Gasteiger partial charge on any atom is -0.409 e. The van der Waals surface area contributed by atoms with Gasteiger partial charge in [0.15, 0.2) is 5.84 Å². The summed E-state index contributed by atoms with van der Waals surface area (Å²) in [5.41, 5.74) is 7.60. The molecule has 2 rings (SSSR count). The average molecular weight is 341 g/mol. The van der Waals surface area contributed by atoms with Crippen molar-refractivity contribution in [3.8, 4) is 0 Å². The van der Waals surface area contributed by atoms with Crippen LogP contribution in [0.25, 0.3) is 0 Å². The van der Waals surface area contributed by atoms with Crippen molar-refractivity contribution < 1.29 is 5.21 Å². The van der Waals surface area contributed by atoms with Gasteiger partial charge in [-0.2, -0.15) is 0 Å². The highest BCUT2D eigenvalue weighted by molar-refractivity contribution is 9.10. The molecule has 1 heterocycles. The third-order valence-corrected chi connectivity index (χ3v) is 4.64. The fourth-order valence-electron chi connectivity index (χ4n) is 2.43. The van der Waals surface area contributed by atoms with Gasteiger partial charge >= 0.3 is 0 Å². The molecule has 0 spiro atoms. The Bertz CT molecular complexity index is 530. The molecule has 0 unspecified atom stereocenters. The minimum atomic E-state index is 0.121. The van der Waals surface area contributed by atoms with Gasteiger partial charge in [-0.3, -0.25) is 4.90 Å². The molecule has 5 nitrogen and oxygen atoms in total. The predicted octanol–water partition coefficient (Wildman–Crippen LogP) is 2.07. The molecule has 1 aliphatic rings. The minimum absolute atomic E-state index is 0.121. The Morgan fingerprint density at radius 1 is 1.40 bits per heavy atom. The number of hydrogen-bond acceptors (Lipinski definition) is 4. The van der Waals surface area contributed by atoms with Crippen molar-refractivity contribution in [3.05, 3.63) is 28.2 Å². The lowest BCUT2D eigenvalue weighted by molar-refractivity contribution is 0.139. The molecule has 110 valence electrons. The zero-order valence-corrected chi connectivity index (χ0v) is 13.7. The van der Waals surface area contributed by atoms with E-state index in [1.165, 1.54) is 0 Å². The largest absolute Gasteiger partial charge is 0.409 e. The summed E-state index contributed by atoms with van der Waals surface area (Å²) in [5.74, 6) is 0.121. The number of piperazine rings is 1. The first kappa shape index (κ1) is 15.1. The summed E-state index contributed by atoms with van der Waals surface area (Å²) in [6, 6.07) is 5.77. The normalized spacial score (nSPS) is 20.2. The van der Waals surface area contributed by atoms with Gasteiger partial charge in [0.25, 0.3) is 0 Å². The molecule has 0 saturated carbocycles. The number of rotatable bonds is 2. The molecular weight excluding hydrogens is 320 g/mol. The van der Waals surface area contributed by atoms with Crippen LogP contribution >= 0.6 is 15.9 Å². The van der Waals surface area contributed by atoms with Crippen molar-refractivity contribution in [2.75, 3.05) is 31.6 Å². The van der Waals surface area contributed by atoms with E-state index in [1.54, 1.807) is 0 Å². The second-order valence-corrected chi connectivity index (χ2v) is 6.66. The Balaban J connectivity index is 2.26. The highest BCUT2D eigenvalue weighted by Crippen LogP contribution is 2.31. The van der Waals surface area contributed by atoms with Crippen molar-refractivity contribution in [1.82, 2.24) is 4.90 Å². The van der Waals surface area contributed by atoms with E-state index in [2.05, 4.69) is 51.8 Å². The predicted molar refractivity (Wildman–Crippen MR) is 85.6 cm³/mol. The number of amidine groups is 1. The molecule has 1 aliphatic heterocycles. The smallest absolute Gasteiger partial charge is 0.170 e. The second-order valence-electron chi connectivity index (χ2n) is 5.81. The number of nitrogens with two attached hydrogens (primary N) is 1. The molecule has 0 atom stereocenters. The maximum absolute atomic E-state index is 8.73. The summed E-state index contributed by atoms with van der Waals surface area (Å²) in [5, 5.41) is 11.8. The van der Waals surface area contributed by atoms with Crippen LogP contribution in [0.5, 0.6) is 0 Å². The first-order valence-corrected chi connectivity index (χ1v) is 7.38. The summed E-state index contributed by atoms with van der Waals surface area (Å²) < 4.78 is 0.960. The molecule has 20 heavy (non-hydrogen) atoms. The molecule has 1 fully saturated rings. The molecule has 1 aromatic carbocycles. The monoisotopic (exact) mass is 340 g/mol. The van der Waals surface area contributed by atoms with Gasteiger partial charge < -0.3 is 15.8 Å². The lowest BCUT2D eigenvalue weighted by atomic mass is 9.99. The molecule has 0 radical (unpaired) electrons. The molecule has 6 heteroatoms. The van der Waals surface area contributed by atoms with Crippen LogP contribution in [0.1, 0.15) is 19.4 Å². The van der Waals surface area contributed by atoms with Crippen LogP contribution in [0.4, 0.5) is 5.69 Å². The summed E-state index contributed by atoms with van der Waals surface area (Å²) in [6.45, 7) is 7.48. The maximum atomic E-state index is 8.73. The van der Waals surface area contributed by atoms with Crippen molar-refractivity contribution in [2.45, 2.75) is 19.4 Å². The lowest BCUT2D eigenvalue weighted by Gasteiger charge is -2.46. The Morgan fingerprint density at radius 2 is 2.10 bits per heavy atom. The molecular formula is C14H21BrN4O. The van der Waals surface area contributed by atoms with Crippen molar-refractivity contribution >= 4 is 27.5 Å². The van der Waals surface area contributed by atoms with E-state index in [-0.39, 0.29) is 11.4 Å². The fourth-order valence-corrected chi connectivity index (χ4v) is 3.06. The Labute approximate surface area is 128 Å². The van der Waals surface area contributed by atoms with E-state index in [9.17, 15) is 0 Å². The van der Waals surface area contributed by atoms with Gasteiger partial charge in [-0.05, 0) is 55.0 Å². The lowest BCUT2D eigenvalue weighted by Crippen LogP contribution is -2.57. The average Bonchev–Trinajstić information content (AvgIpc) is 2.41. The van der Waals surface area contributed by atoms with Crippen LogP contribution in [0.2, 0.25) is 0 Å². The van der Waals surface area contributed by atoms with E-state index in [1.807, 2.05) is 18.2 Å². The number of nitrogens with zero attached hydrogens (tertiary/aromatic N) is 3. The molecule has 0 bridgehead atoms. The topological polar surface area (TPSA) is 65.1 Å². The molecule has 0 aliphatic carbocycles. The third-order valence-electron chi connectivity index (χ3n) is 4.01. The van der Waals surface area contributed by atoms with Crippen molar-refractivity contribution in [3.63, 3.8) is 0 Å². The molecule has 3 N–H and O–H groups in total. The van der Waals surface area contributed by atoms with Gasteiger partial charge in [0.05, 0.1) is 5.69 Å². The van der Waals surface area contributed by atoms with E-state index in [0.717, 1.165) is 29.8 Å². The van der Waals surface area contributed by atoms with Crippen LogP contribution in [0.3, 0.4) is 0 Å². The Kier molecular flexibility index (Phi) is 4.25. The van der Waals surface area contributed by atoms with E-state index in [0.29, 0.717) is 5.56 Å². The maximum Gasteiger partial charge on any atom is 0.170 e. The quantitative estimate of drug-likeness (QED) is 0.374. The zero-order chi connectivity index (χ0) is 14.9. The van der Waals surface area contributed by atoms with Gasteiger partial charge in [0.2, 0.25) is 0 Å². The van der Waals surface area contributed by atoms with Crippen LogP contribution in [-0.2, 0) is 0 Å². The Hall–Kier alpha value is -1.27. The van der Waals surface area contributed by atoms with Gasteiger partial charge in [-0.1, -0.05) is 5.16 Å². The summed E-state index contributed by atoms with van der Waals surface area (Å²) >= 11 is 3.59. The summed E-state index contributed by atoms with van der Waals surface area (Å²) in [4.78, 5) is 4.74.